The Morgan fingerprint density at radius 3 is 2.93 bits per heavy atom. The average Bonchev–Trinajstić information content (AvgIpc) is 2.66. The number of carbonyl (C=O) groups is 1. The van der Waals surface area contributed by atoms with Crippen LogP contribution in [0.15, 0.2) is 0 Å². The molecule has 1 amide bonds. The van der Waals surface area contributed by atoms with Gasteiger partial charge in [-0.2, -0.15) is 0 Å². The molecule has 2 unspecified atom stereocenters. The van der Waals surface area contributed by atoms with Crippen LogP contribution in [0.2, 0.25) is 0 Å². The van der Waals surface area contributed by atoms with E-state index in [0.717, 1.165) is 19.5 Å². The monoisotopic (exact) mass is 214 g/mol. The molecule has 15 heavy (non-hydrogen) atoms. The lowest BCUT2D eigenvalue weighted by Crippen LogP contribution is -2.34. The maximum Gasteiger partial charge on any atom is 0.222 e. The second-order valence-corrected chi connectivity index (χ2v) is 4.38. The van der Waals surface area contributed by atoms with Crippen molar-refractivity contribution in [3.63, 3.8) is 0 Å². The second kappa shape index (κ2) is 6.08. The van der Waals surface area contributed by atoms with Crippen LogP contribution in [0.5, 0.6) is 0 Å². The number of nitrogens with zero attached hydrogens (tertiary/aromatic N) is 1. The topological polar surface area (TPSA) is 41.6 Å². The number of carbonyl (C=O) groups excluding carboxylic acids is 1. The van der Waals surface area contributed by atoms with Crippen LogP contribution < -0.4 is 5.32 Å². The molecule has 4 heteroatoms. The quantitative estimate of drug-likeness (QED) is 0.724. The fourth-order valence-electron chi connectivity index (χ4n) is 1.99. The fraction of sp³-hybridized carbons (Fsp3) is 0.909. The summed E-state index contributed by atoms with van der Waals surface area (Å²) in [6.07, 6.45) is 1.67. The van der Waals surface area contributed by atoms with Crippen LogP contribution in [0.1, 0.15) is 19.8 Å². The third-order valence-corrected chi connectivity index (χ3v) is 2.92. The Morgan fingerprint density at radius 1 is 1.67 bits per heavy atom. The average molecular weight is 214 g/mol. The van der Waals surface area contributed by atoms with Crippen LogP contribution in [0.3, 0.4) is 0 Å². The largest absolute Gasteiger partial charge is 0.384 e. The predicted molar refractivity (Wildman–Crippen MR) is 59.7 cm³/mol. The molecule has 0 spiro atoms. The molecule has 0 saturated carbocycles. The van der Waals surface area contributed by atoms with Crippen LogP contribution in [-0.4, -0.2) is 50.7 Å². The van der Waals surface area contributed by atoms with Gasteiger partial charge in [0.1, 0.15) is 0 Å². The summed E-state index contributed by atoms with van der Waals surface area (Å²) in [7, 11) is 3.63. The van der Waals surface area contributed by atoms with E-state index >= 15 is 0 Å². The Bertz CT molecular complexity index is 209. The minimum Gasteiger partial charge on any atom is -0.384 e. The second-order valence-electron chi connectivity index (χ2n) is 4.38. The summed E-state index contributed by atoms with van der Waals surface area (Å²) in [4.78, 5) is 13.8. The molecule has 0 aromatic rings. The van der Waals surface area contributed by atoms with E-state index in [2.05, 4.69) is 5.32 Å². The van der Waals surface area contributed by atoms with Gasteiger partial charge in [-0.15, -0.1) is 0 Å². The van der Waals surface area contributed by atoms with Gasteiger partial charge in [0.2, 0.25) is 5.91 Å². The highest BCUT2D eigenvalue weighted by atomic mass is 16.5. The van der Waals surface area contributed by atoms with Crippen LogP contribution in [0.25, 0.3) is 0 Å². The predicted octanol–water partition coefficient (Wildman–Crippen LogP) is 0.479. The van der Waals surface area contributed by atoms with Crippen LogP contribution in [0.4, 0.5) is 0 Å². The van der Waals surface area contributed by atoms with Crippen molar-refractivity contribution in [2.45, 2.75) is 25.8 Å². The molecule has 1 aliphatic heterocycles. The molecule has 1 fully saturated rings. The van der Waals surface area contributed by atoms with Gasteiger partial charge in [0, 0.05) is 39.3 Å². The molecule has 1 saturated heterocycles. The first-order valence-electron chi connectivity index (χ1n) is 5.61. The third kappa shape index (κ3) is 3.80. The minimum atomic E-state index is 0.261. The van der Waals surface area contributed by atoms with Crippen molar-refractivity contribution < 1.29 is 9.53 Å². The van der Waals surface area contributed by atoms with Crippen molar-refractivity contribution in [1.29, 1.82) is 0 Å². The summed E-state index contributed by atoms with van der Waals surface area (Å²) >= 11 is 0. The van der Waals surface area contributed by atoms with E-state index in [1.54, 1.807) is 7.11 Å². The first-order chi connectivity index (χ1) is 7.17. The number of amides is 1. The molecule has 0 aromatic carbocycles. The van der Waals surface area contributed by atoms with Crippen molar-refractivity contribution in [2.75, 3.05) is 33.9 Å². The van der Waals surface area contributed by atoms with Crippen LogP contribution >= 0.6 is 0 Å². The highest BCUT2D eigenvalue weighted by Gasteiger charge is 2.25. The maximum absolute atomic E-state index is 11.8. The van der Waals surface area contributed by atoms with E-state index in [9.17, 15) is 4.79 Å². The van der Waals surface area contributed by atoms with Gasteiger partial charge < -0.3 is 15.0 Å². The number of likely N-dealkylation sites (tertiary alicyclic amines) is 1. The molecule has 0 bridgehead atoms. The number of methoxy groups -OCH3 is 1. The first kappa shape index (κ1) is 12.5. The van der Waals surface area contributed by atoms with E-state index in [-0.39, 0.29) is 5.91 Å². The molecule has 0 aliphatic carbocycles. The normalized spacial score (nSPS) is 23.1. The van der Waals surface area contributed by atoms with E-state index in [1.807, 2.05) is 18.9 Å². The maximum atomic E-state index is 11.8. The van der Waals surface area contributed by atoms with Gasteiger partial charge in [-0.3, -0.25) is 4.79 Å². The van der Waals surface area contributed by atoms with Crippen LogP contribution in [0, 0.1) is 5.92 Å². The highest BCUT2D eigenvalue weighted by molar-refractivity contribution is 5.76. The number of ether oxygens (including phenoxy) is 1. The van der Waals surface area contributed by atoms with Gasteiger partial charge in [-0.25, -0.2) is 0 Å². The highest BCUT2D eigenvalue weighted by Crippen LogP contribution is 2.13. The Kier molecular flexibility index (Phi) is 5.05. The Balaban J connectivity index is 2.29. The Hall–Kier alpha value is -0.610. The Labute approximate surface area is 92.0 Å². The summed E-state index contributed by atoms with van der Waals surface area (Å²) in [5.41, 5.74) is 0. The molecule has 1 heterocycles. The zero-order valence-electron chi connectivity index (χ0n) is 9.95. The van der Waals surface area contributed by atoms with Crippen molar-refractivity contribution in [3.8, 4) is 0 Å². The van der Waals surface area contributed by atoms with Gasteiger partial charge in [-0.05, 0) is 19.4 Å². The SMILES string of the molecule is CNC1CCN(C(=O)CC(C)COC)C1. The summed E-state index contributed by atoms with van der Waals surface area (Å²) in [6.45, 7) is 4.46. The third-order valence-electron chi connectivity index (χ3n) is 2.92. The molecular weight excluding hydrogens is 192 g/mol. The molecule has 4 nitrogen and oxygen atoms in total. The number of nitrogens with one attached hydrogen (secondary N) is 1. The minimum absolute atomic E-state index is 0.261. The van der Waals surface area contributed by atoms with E-state index in [1.165, 1.54) is 0 Å². The van der Waals surface area contributed by atoms with Crippen LogP contribution in [-0.2, 0) is 9.53 Å². The van der Waals surface area contributed by atoms with Gasteiger partial charge >= 0.3 is 0 Å². The van der Waals surface area contributed by atoms with Gasteiger partial charge in [-0.1, -0.05) is 6.92 Å². The number of hydrogen-bond acceptors (Lipinski definition) is 3. The standard InChI is InChI=1S/C11H22N2O2/c1-9(8-15-3)6-11(14)13-5-4-10(7-13)12-2/h9-10,12H,4-8H2,1-3H3. The van der Waals surface area contributed by atoms with Gasteiger partial charge in [0.15, 0.2) is 0 Å². The fourth-order valence-corrected chi connectivity index (χ4v) is 1.99. The summed E-state index contributed by atoms with van der Waals surface area (Å²) in [5.74, 6) is 0.577. The van der Waals surface area contributed by atoms with E-state index < -0.39 is 0 Å². The Morgan fingerprint density at radius 2 is 2.40 bits per heavy atom. The summed E-state index contributed by atoms with van der Waals surface area (Å²) in [6, 6.07) is 0.478. The van der Waals surface area contributed by atoms with Crippen molar-refractivity contribution in [1.82, 2.24) is 10.2 Å². The number of hydrogen-bond donors (Lipinski definition) is 1. The number of rotatable bonds is 5. The van der Waals surface area contributed by atoms with Crippen molar-refractivity contribution in [2.24, 2.45) is 5.92 Å². The molecular formula is C11H22N2O2. The van der Waals surface area contributed by atoms with E-state index in [0.29, 0.717) is 25.0 Å². The molecule has 0 radical (unpaired) electrons. The number of likely N-dealkylation sites (N-methyl/N-ethyl adjacent to an activating group) is 1. The lowest BCUT2D eigenvalue weighted by Gasteiger charge is -2.18. The molecule has 1 aliphatic rings. The lowest BCUT2D eigenvalue weighted by molar-refractivity contribution is -0.131. The van der Waals surface area contributed by atoms with Gasteiger partial charge in [0.05, 0.1) is 0 Å². The smallest absolute Gasteiger partial charge is 0.222 e. The van der Waals surface area contributed by atoms with Crippen molar-refractivity contribution in [3.05, 3.63) is 0 Å². The molecule has 2 atom stereocenters. The van der Waals surface area contributed by atoms with Gasteiger partial charge in [0.25, 0.3) is 0 Å². The lowest BCUT2D eigenvalue weighted by atomic mass is 10.1. The molecule has 1 rings (SSSR count). The summed E-state index contributed by atoms with van der Waals surface area (Å²) < 4.78 is 5.03. The molecule has 0 aromatic heterocycles. The van der Waals surface area contributed by atoms with E-state index in [4.69, 9.17) is 4.74 Å². The zero-order chi connectivity index (χ0) is 11.3. The zero-order valence-corrected chi connectivity index (χ0v) is 9.95. The van der Waals surface area contributed by atoms with Crippen molar-refractivity contribution >= 4 is 5.91 Å². The first-order valence-corrected chi connectivity index (χ1v) is 5.61. The molecule has 88 valence electrons. The molecule has 1 N–H and O–H groups in total. The summed E-state index contributed by atoms with van der Waals surface area (Å²) in [5, 5.41) is 3.21.